The number of nitrogens with one attached hydrogen (secondary N) is 1. The number of fused-ring (bicyclic) bond motifs is 1. The van der Waals surface area contributed by atoms with E-state index in [1.165, 1.54) is 12.1 Å². The van der Waals surface area contributed by atoms with Crippen LogP contribution >= 0.6 is 0 Å². The highest BCUT2D eigenvalue weighted by molar-refractivity contribution is 6.39. The lowest BCUT2D eigenvalue weighted by atomic mass is 9.79. The van der Waals surface area contributed by atoms with Crippen LogP contribution in [0.3, 0.4) is 0 Å². The molecule has 0 aliphatic carbocycles. The molecule has 2 aromatic carbocycles. The number of carbonyl (C=O) groups is 3. The van der Waals surface area contributed by atoms with E-state index in [4.69, 9.17) is 4.74 Å². The molecule has 1 atom stereocenters. The maximum Gasteiger partial charge on any atom is 0.335 e. The van der Waals surface area contributed by atoms with Gasteiger partial charge in [-0.15, -0.1) is 0 Å². The average Bonchev–Trinajstić information content (AvgIpc) is 2.81. The van der Waals surface area contributed by atoms with Crippen molar-refractivity contribution in [2.24, 2.45) is 0 Å². The Balaban J connectivity index is 1.73. The van der Waals surface area contributed by atoms with E-state index in [-0.39, 0.29) is 28.3 Å². The second-order valence-corrected chi connectivity index (χ2v) is 9.89. The summed E-state index contributed by atoms with van der Waals surface area (Å²) in [4.78, 5) is 41.5. The second kappa shape index (κ2) is 9.76. The standard InChI is InChI=1S/C28H32FN3O4/c1-6-12-31-24-15-23(29)18(13-21(24)17(3)16-28(31,4)5)14-22-25(33)30-27(35)32(26(22)34)19-8-10-20(11-9-19)36-7-2/h8-11,13-15,17H,6-7,12,16H2,1-5H3,(H,30,33,35)/b22-14-. The second-order valence-electron chi connectivity index (χ2n) is 9.89. The van der Waals surface area contributed by atoms with Gasteiger partial charge in [-0.1, -0.05) is 13.8 Å². The van der Waals surface area contributed by atoms with Crippen molar-refractivity contribution in [2.75, 3.05) is 23.0 Å². The summed E-state index contributed by atoms with van der Waals surface area (Å²) in [6.07, 6.45) is 3.05. The van der Waals surface area contributed by atoms with E-state index < -0.39 is 23.7 Å². The van der Waals surface area contributed by atoms with E-state index in [9.17, 15) is 14.4 Å². The molecule has 1 fully saturated rings. The number of hydrogen-bond donors (Lipinski definition) is 1. The van der Waals surface area contributed by atoms with E-state index in [1.807, 2.05) is 6.92 Å². The zero-order chi connectivity index (χ0) is 26.2. The van der Waals surface area contributed by atoms with Crippen LogP contribution in [0.5, 0.6) is 5.75 Å². The van der Waals surface area contributed by atoms with Gasteiger partial charge in [-0.3, -0.25) is 14.9 Å². The lowest BCUT2D eigenvalue weighted by Crippen LogP contribution is -2.54. The molecule has 2 heterocycles. The highest BCUT2D eigenvalue weighted by atomic mass is 19.1. The summed E-state index contributed by atoms with van der Waals surface area (Å²) in [5.74, 6) is -1.45. The Morgan fingerprint density at radius 3 is 2.47 bits per heavy atom. The summed E-state index contributed by atoms with van der Waals surface area (Å²) in [7, 11) is 0. The van der Waals surface area contributed by atoms with E-state index in [1.54, 1.807) is 30.3 Å². The average molecular weight is 494 g/mol. The molecule has 2 aromatic rings. The minimum absolute atomic E-state index is 0.118. The third kappa shape index (κ3) is 4.59. The van der Waals surface area contributed by atoms with Crippen molar-refractivity contribution < 1.29 is 23.5 Å². The smallest absolute Gasteiger partial charge is 0.335 e. The summed E-state index contributed by atoms with van der Waals surface area (Å²) < 4.78 is 20.8. The van der Waals surface area contributed by atoms with Crippen molar-refractivity contribution in [3.05, 3.63) is 58.9 Å². The lowest BCUT2D eigenvalue weighted by molar-refractivity contribution is -0.122. The van der Waals surface area contributed by atoms with Gasteiger partial charge in [0, 0.05) is 23.3 Å². The molecule has 7 nitrogen and oxygen atoms in total. The summed E-state index contributed by atoms with van der Waals surface area (Å²) in [5.41, 5.74) is 1.79. The van der Waals surface area contributed by atoms with Gasteiger partial charge >= 0.3 is 6.03 Å². The molecule has 4 rings (SSSR count). The maximum atomic E-state index is 15.4. The van der Waals surface area contributed by atoms with Crippen molar-refractivity contribution in [1.29, 1.82) is 0 Å². The fraction of sp³-hybridized carbons (Fsp3) is 0.393. The number of amides is 4. The van der Waals surface area contributed by atoms with Gasteiger partial charge < -0.3 is 9.64 Å². The number of hydrogen-bond acceptors (Lipinski definition) is 5. The number of imide groups is 2. The van der Waals surface area contributed by atoms with Crippen LogP contribution in [0.1, 0.15) is 64.5 Å². The number of anilines is 2. The molecule has 0 aromatic heterocycles. The molecular weight excluding hydrogens is 461 g/mol. The number of benzene rings is 2. The third-order valence-corrected chi connectivity index (χ3v) is 6.76. The van der Waals surface area contributed by atoms with Crippen molar-refractivity contribution >= 4 is 35.3 Å². The molecule has 8 heteroatoms. The van der Waals surface area contributed by atoms with E-state index in [2.05, 4.69) is 37.9 Å². The number of ether oxygens (including phenoxy) is 1. The van der Waals surface area contributed by atoms with Crippen LogP contribution in [-0.4, -0.2) is 36.5 Å². The number of barbiturate groups is 1. The summed E-state index contributed by atoms with van der Waals surface area (Å²) >= 11 is 0. The van der Waals surface area contributed by atoms with Crippen molar-refractivity contribution in [2.45, 2.75) is 58.9 Å². The molecule has 1 saturated heterocycles. The molecule has 0 saturated carbocycles. The zero-order valence-corrected chi connectivity index (χ0v) is 21.4. The SMILES string of the molecule is CCCN1c2cc(F)c(/C=C3/C(=O)NC(=O)N(c4ccc(OCC)cc4)C3=O)cc2C(C)CC1(C)C. The zero-order valence-electron chi connectivity index (χ0n) is 21.4. The first-order chi connectivity index (χ1) is 17.1. The summed E-state index contributed by atoms with van der Waals surface area (Å²) in [6, 6.07) is 8.74. The molecule has 0 spiro atoms. The Bertz CT molecular complexity index is 1240. The monoisotopic (exact) mass is 493 g/mol. The Morgan fingerprint density at radius 1 is 1.14 bits per heavy atom. The molecule has 1 unspecified atom stereocenters. The van der Waals surface area contributed by atoms with Crippen molar-refractivity contribution in [1.82, 2.24) is 5.32 Å². The normalized spacial score (nSPS) is 20.4. The van der Waals surface area contributed by atoms with E-state index in [0.29, 0.717) is 12.4 Å². The predicted molar refractivity (Wildman–Crippen MR) is 138 cm³/mol. The maximum absolute atomic E-state index is 15.4. The molecule has 4 amide bonds. The molecular formula is C28H32FN3O4. The Kier molecular flexibility index (Phi) is 6.89. The Hall–Kier alpha value is -3.68. The molecule has 190 valence electrons. The number of carbonyl (C=O) groups excluding carboxylic acids is 3. The van der Waals surface area contributed by atoms with Crippen LogP contribution in [-0.2, 0) is 9.59 Å². The predicted octanol–water partition coefficient (Wildman–Crippen LogP) is 5.39. The first kappa shape index (κ1) is 25.4. The minimum Gasteiger partial charge on any atom is -0.494 e. The summed E-state index contributed by atoms with van der Waals surface area (Å²) in [6.45, 7) is 11.6. The summed E-state index contributed by atoms with van der Waals surface area (Å²) in [5, 5.41) is 2.19. The largest absolute Gasteiger partial charge is 0.494 e. The molecule has 36 heavy (non-hydrogen) atoms. The van der Waals surface area contributed by atoms with Crippen LogP contribution in [0.25, 0.3) is 6.08 Å². The fourth-order valence-corrected chi connectivity index (χ4v) is 5.18. The van der Waals surface area contributed by atoms with E-state index in [0.717, 1.165) is 35.5 Å². The number of nitrogens with zero attached hydrogens (tertiary/aromatic N) is 2. The quantitative estimate of drug-likeness (QED) is 0.431. The van der Waals surface area contributed by atoms with Crippen LogP contribution in [0.2, 0.25) is 0 Å². The van der Waals surface area contributed by atoms with Gasteiger partial charge in [-0.25, -0.2) is 14.1 Å². The Labute approximate surface area is 210 Å². The first-order valence-electron chi connectivity index (χ1n) is 12.3. The van der Waals surface area contributed by atoms with Gasteiger partial charge in [0.15, 0.2) is 0 Å². The third-order valence-electron chi connectivity index (χ3n) is 6.76. The number of rotatable bonds is 6. The lowest BCUT2D eigenvalue weighted by Gasteiger charge is -2.47. The van der Waals surface area contributed by atoms with Crippen LogP contribution < -0.4 is 19.9 Å². The number of urea groups is 1. The van der Waals surface area contributed by atoms with Crippen molar-refractivity contribution in [3.8, 4) is 5.75 Å². The molecule has 0 bridgehead atoms. The highest BCUT2D eigenvalue weighted by Crippen LogP contribution is 2.44. The molecule has 1 N–H and O–H groups in total. The van der Waals surface area contributed by atoms with E-state index >= 15 is 4.39 Å². The van der Waals surface area contributed by atoms with Crippen LogP contribution in [0.4, 0.5) is 20.6 Å². The first-order valence-corrected chi connectivity index (χ1v) is 12.3. The Morgan fingerprint density at radius 2 is 1.83 bits per heavy atom. The van der Waals surface area contributed by atoms with Gasteiger partial charge in [0.1, 0.15) is 17.1 Å². The minimum atomic E-state index is -0.858. The molecule has 0 radical (unpaired) electrons. The molecule has 2 aliphatic rings. The van der Waals surface area contributed by atoms with Crippen LogP contribution in [0.15, 0.2) is 42.0 Å². The number of halogens is 1. The van der Waals surface area contributed by atoms with Gasteiger partial charge in [-0.05, 0) is 87.6 Å². The fourth-order valence-electron chi connectivity index (χ4n) is 5.18. The van der Waals surface area contributed by atoms with Gasteiger partial charge in [-0.2, -0.15) is 0 Å². The highest BCUT2D eigenvalue weighted by Gasteiger charge is 2.39. The van der Waals surface area contributed by atoms with Gasteiger partial charge in [0.2, 0.25) is 0 Å². The van der Waals surface area contributed by atoms with Gasteiger partial charge in [0.05, 0.1) is 12.3 Å². The van der Waals surface area contributed by atoms with Crippen LogP contribution in [0, 0.1) is 5.82 Å². The topological polar surface area (TPSA) is 79.0 Å². The van der Waals surface area contributed by atoms with Gasteiger partial charge in [0.25, 0.3) is 11.8 Å². The molecule has 2 aliphatic heterocycles. The van der Waals surface area contributed by atoms with Crippen molar-refractivity contribution in [3.63, 3.8) is 0 Å².